The van der Waals surface area contributed by atoms with Gasteiger partial charge in [-0.1, -0.05) is 11.8 Å². The van der Waals surface area contributed by atoms with E-state index in [0.29, 0.717) is 22.5 Å². The van der Waals surface area contributed by atoms with Gasteiger partial charge in [-0.2, -0.15) is 5.10 Å². The average Bonchev–Trinajstić information content (AvgIpc) is 3.20. The monoisotopic (exact) mass is 532 g/mol. The van der Waals surface area contributed by atoms with Crippen LogP contribution < -0.4 is 10.2 Å². The van der Waals surface area contributed by atoms with E-state index in [1.165, 1.54) is 35.4 Å². The Kier molecular flexibility index (Phi) is 8.39. The van der Waals surface area contributed by atoms with Crippen molar-refractivity contribution in [2.24, 2.45) is 10.2 Å². The number of amidine groups is 1. The second-order valence-electron chi connectivity index (χ2n) is 8.07. The molecule has 1 fully saturated rings. The summed E-state index contributed by atoms with van der Waals surface area (Å²) >= 11 is 1.10. The van der Waals surface area contributed by atoms with Gasteiger partial charge in [-0.25, -0.2) is 4.79 Å². The van der Waals surface area contributed by atoms with Crippen LogP contribution in [0.25, 0.3) is 0 Å². The van der Waals surface area contributed by atoms with Crippen LogP contribution in [0.4, 0.5) is 11.4 Å². The maximum absolute atomic E-state index is 13.3. The third-order valence-corrected chi connectivity index (χ3v) is 6.46. The summed E-state index contributed by atoms with van der Waals surface area (Å²) in [6.07, 6.45) is 1.35. The summed E-state index contributed by atoms with van der Waals surface area (Å²) in [5.74, 6) is -1.03. The number of thioether (sulfide) groups is 1. The topological polar surface area (TPSA) is 141 Å². The van der Waals surface area contributed by atoms with Crippen LogP contribution in [0.1, 0.15) is 29.3 Å². The summed E-state index contributed by atoms with van der Waals surface area (Å²) in [5, 5.41) is 29.6. The first-order chi connectivity index (χ1) is 18.3. The minimum Gasteiger partial charge on any atom is -0.508 e. The minimum atomic E-state index is -0.759. The van der Waals surface area contributed by atoms with Crippen LogP contribution in [0.3, 0.4) is 0 Å². The van der Waals surface area contributed by atoms with Crippen molar-refractivity contribution in [3.05, 3.63) is 83.9 Å². The highest BCUT2D eigenvalue weighted by Gasteiger charge is 2.40. The van der Waals surface area contributed by atoms with Gasteiger partial charge in [0.15, 0.2) is 5.17 Å². The zero-order valence-corrected chi connectivity index (χ0v) is 21.1. The molecule has 0 radical (unpaired) electrons. The van der Waals surface area contributed by atoms with E-state index < -0.39 is 11.2 Å². The molecular formula is C27H24N4O6S. The number of aromatic hydroxyl groups is 2. The number of ether oxygens (including phenoxy) is 1. The van der Waals surface area contributed by atoms with E-state index in [0.717, 1.165) is 11.8 Å². The van der Waals surface area contributed by atoms with Gasteiger partial charge in [0.25, 0.3) is 0 Å². The van der Waals surface area contributed by atoms with Crippen LogP contribution in [0.5, 0.6) is 11.5 Å². The van der Waals surface area contributed by atoms with Crippen LogP contribution in [-0.2, 0) is 14.3 Å². The Morgan fingerprint density at radius 1 is 1.00 bits per heavy atom. The van der Waals surface area contributed by atoms with Gasteiger partial charge >= 0.3 is 5.97 Å². The predicted octanol–water partition coefficient (Wildman–Crippen LogP) is 4.14. The number of carbonyl (C=O) groups excluding carboxylic acids is 3. The van der Waals surface area contributed by atoms with Crippen LogP contribution in [0.2, 0.25) is 0 Å². The van der Waals surface area contributed by atoms with E-state index in [1.807, 2.05) is 0 Å². The number of nitrogens with one attached hydrogen (secondary N) is 1. The molecule has 11 heteroatoms. The number of rotatable bonds is 8. The number of phenols is 2. The molecule has 0 aliphatic carbocycles. The highest BCUT2D eigenvalue weighted by atomic mass is 32.2. The number of amides is 2. The van der Waals surface area contributed by atoms with Gasteiger partial charge in [-0.05, 0) is 85.3 Å². The number of hydrogen-bond donors (Lipinski definition) is 3. The number of nitrogens with zero attached hydrogens (tertiary/aromatic N) is 3. The van der Waals surface area contributed by atoms with Crippen molar-refractivity contribution in [1.82, 2.24) is 0 Å². The van der Waals surface area contributed by atoms with Crippen molar-refractivity contribution in [1.29, 1.82) is 0 Å². The van der Waals surface area contributed by atoms with Gasteiger partial charge in [0.1, 0.15) is 16.7 Å². The average molecular weight is 533 g/mol. The molecule has 1 heterocycles. The molecule has 1 unspecified atom stereocenters. The first-order valence-electron chi connectivity index (χ1n) is 11.6. The Bertz CT molecular complexity index is 1370. The molecule has 4 rings (SSSR count). The summed E-state index contributed by atoms with van der Waals surface area (Å²) in [6.45, 7) is 1.98. The van der Waals surface area contributed by atoms with Crippen LogP contribution in [0, 0.1) is 0 Å². The second kappa shape index (κ2) is 12.1. The maximum atomic E-state index is 13.3. The van der Waals surface area contributed by atoms with E-state index in [4.69, 9.17) is 4.74 Å². The van der Waals surface area contributed by atoms with E-state index in [9.17, 15) is 24.6 Å². The molecule has 0 spiro atoms. The number of phenolic OH excluding ortho intramolecular Hbond substituents is 2. The fraction of sp³-hybridized carbons (Fsp3) is 0.148. The van der Waals surface area contributed by atoms with Crippen LogP contribution >= 0.6 is 11.8 Å². The standard InChI is InChI=1S/C27H24N4O6S/c1-2-37-26(36)18-5-7-19(8-6-18)29-24(34)15-23-25(35)31(20-9-13-22(33)14-10-20)27(38-23)30-28-16-17-3-11-21(32)12-4-17/h3-14,16,23,32-33H,2,15H2,1H3,(H,29,34)/b28-16+,30-27?. The molecular weight excluding hydrogens is 508 g/mol. The Balaban J connectivity index is 1.48. The zero-order chi connectivity index (χ0) is 27.1. The normalized spacial score (nSPS) is 16.2. The summed E-state index contributed by atoms with van der Waals surface area (Å²) < 4.78 is 4.95. The molecule has 0 saturated carbocycles. The third kappa shape index (κ3) is 6.56. The maximum Gasteiger partial charge on any atom is 0.338 e. The Morgan fingerprint density at radius 3 is 2.26 bits per heavy atom. The highest BCUT2D eigenvalue weighted by molar-refractivity contribution is 8.16. The van der Waals surface area contributed by atoms with Gasteiger partial charge in [-0.3, -0.25) is 14.5 Å². The summed E-state index contributed by atoms with van der Waals surface area (Å²) in [4.78, 5) is 39.2. The van der Waals surface area contributed by atoms with Gasteiger partial charge in [0, 0.05) is 12.1 Å². The third-order valence-electron chi connectivity index (χ3n) is 5.34. The molecule has 194 valence electrons. The molecule has 38 heavy (non-hydrogen) atoms. The van der Waals surface area contributed by atoms with Gasteiger partial charge < -0.3 is 20.3 Å². The fourth-order valence-corrected chi connectivity index (χ4v) is 4.59. The lowest BCUT2D eigenvalue weighted by atomic mass is 10.2. The predicted molar refractivity (Wildman–Crippen MR) is 146 cm³/mol. The van der Waals surface area contributed by atoms with Gasteiger partial charge in [0.05, 0.1) is 24.1 Å². The highest BCUT2D eigenvalue weighted by Crippen LogP contribution is 2.34. The Hall–Kier alpha value is -4.64. The van der Waals surface area contributed by atoms with Crippen LogP contribution in [-0.4, -0.2) is 51.2 Å². The lowest BCUT2D eigenvalue weighted by Crippen LogP contribution is -2.33. The lowest BCUT2D eigenvalue weighted by molar-refractivity contribution is -0.121. The quantitative estimate of drug-likeness (QED) is 0.225. The molecule has 3 N–H and O–H groups in total. The van der Waals surface area contributed by atoms with Crippen molar-refractivity contribution in [3.8, 4) is 11.5 Å². The fourth-order valence-electron chi connectivity index (χ4n) is 3.50. The number of benzene rings is 3. The van der Waals surface area contributed by atoms with E-state index in [1.54, 1.807) is 55.5 Å². The first-order valence-corrected chi connectivity index (χ1v) is 12.5. The summed E-state index contributed by atoms with van der Waals surface area (Å²) in [6, 6.07) is 18.7. The second-order valence-corrected chi connectivity index (χ2v) is 9.24. The Labute approximate surface area is 222 Å². The lowest BCUT2D eigenvalue weighted by Gasteiger charge is -2.16. The van der Waals surface area contributed by atoms with Crippen LogP contribution in [0.15, 0.2) is 83.0 Å². The SMILES string of the molecule is CCOC(=O)c1ccc(NC(=O)CC2SC(=N/N=C/c3ccc(O)cc3)N(c3ccc(O)cc3)C2=O)cc1. The Morgan fingerprint density at radius 2 is 1.63 bits per heavy atom. The van der Waals surface area contributed by atoms with Gasteiger partial charge in [0.2, 0.25) is 11.8 Å². The number of hydrogen-bond acceptors (Lipinski definition) is 9. The van der Waals surface area contributed by atoms with Crippen molar-refractivity contribution in [3.63, 3.8) is 0 Å². The molecule has 1 atom stereocenters. The van der Waals surface area contributed by atoms with E-state index in [-0.39, 0.29) is 41.5 Å². The number of carbonyl (C=O) groups is 3. The molecule has 1 saturated heterocycles. The number of anilines is 2. The van der Waals surface area contributed by atoms with Crippen molar-refractivity contribution < 1.29 is 29.3 Å². The van der Waals surface area contributed by atoms with Gasteiger partial charge in [-0.15, -0.1) is 5.10 Å². The largest absolute Gasteiger partial charge is 0.508 e. The molecule has 3 aromatic carbocycles. The molecule has 0 bridgehead atoms. The van der Waals surface area contributed by atoms with E-state index >= 15 is 0 Å². The van der Waals surface area contributed by atoms with Crippen molar-refractivity contribution in [2.45, 2.75) is 18.6 Å². The number of esters is 1. The molecule has 1 aliphatic rings. The smallest absolute Gasteiger partial charge is 0.338 e. The first kappa shape index (κ1) is 26.4. The molecule has 2 amide bonds. The van der Waals surface area contributed by atoms with Crippen molar-refractivity contribution >= 4 is 52.3 Å². The molecule has 0 aromatic heterocycles. The zero-order valence-electron chi connectivity index (χ0n) is 20.3. The molecule has 3 aromatic rings. The minimum absolute atomic E-state index is 0.0433. The summed E-state index contributed by atoms with van der Waals surface area (Å²) in [5.41, 5.74) is 2.00. The van der Waals surface area contributed by atoms with Crippen molar-refractivity contribution in [2.75, 3.05) is 16.8 Å². The molecule has 1 aliphatic heterocycles. The molecule has 10 nitrogen and oxygen atoms in total. The summed E-state index contributed by atoms with van der Waals surface area (Å²) in [7, 11) is 0. The van der Waals surface area contributed by atoms with E-state index in [2.05, 4.69) is 15.5 Å².